The number of carbonyl (C=O) groups excluding carboxylic acids is 4. The van der Waals surface area contributed by atoms with E-state index in [0.29, 0.717) is 70.7 Å². The second kappa shape index (κ2) is 39.5. The molecule has 0 spiro atoms. The molecule has 766 valence electrons. The van der Waals surface area contributed by atoms with Gasteiger partial charge < -0.3 is 59.1 Å². The minimum absolute atomic E-state index is 0.119. The molecule has 4 saturated heterocycles. The average molecular weight is 2040 g/mol. The highest BCUT2D eigenvalue weighted by Crippen LogP contribution is 2.46. The second-order valence-corrected chi connectivity index (χ2v) is 36.4. The van der Waals surface area contributed by atoms with Crippen LogP contribution < -0.4 is 85.9 Å². The zero-order valence-corrected chi connectivity index (χ0v) is 81.0. The van der Waals surface area contributed by atoms with Crippen molar-refractivity contribution in [2.45, 2.75) is 84.0 Å². The van der Waals surface area contributed by atoms with Crippen LogP contribution >= 0.6 is 0 Å². The van der Waals surface area contributed by atoms with Crippen LogP contribution in [0.3, 0.4) is 0 Å². The van der Waals surface area contributed by atoms with Gasteiger partial charge in [-0.3, -0.25) is 74.9 Å². The fourth-order valence-corrected chi connectivity index (χ4v) is 17.1. The number of carbonyl (C=O) groups is 4. The summed E-state index contributed by atoms with van der Waals surface area (Å²) in [6.07, 6.45) is 25.2. The fourth-order valence-electron chi connectivity index (χ4n) is 17.1. The maximum atomic E-state index is 13.6. The molecule has 52 nitrogen and oxygen atoms in total. The first-order chi connectivity index (χ1) is 70.4. The maximum Gasteiger partial charge on any atom is 0.332 e. The summed E-state index contributed by atoms with van der Waals surface area (Å²) in [6, 6.07) is 5.21. The van der Waals surface area contributed by atoms with Crippen LogP contribution in [-0.2, 0) is 95.2 Å². The molecule has 3 unspecified atom stereocenters. The average Bonchev–Trinajstić information content (AvgIpc) is 1.60. The Morgan fingerprint density at radius 2 is 0.601 bits per heavy atom. The molecule has 0 bridgehead atoms. The number of hydrogen-bond acceptors (Lipinski definition) is 36. The summed E-state index contributed by atoms with van der Waals surface area (Å²) in [7, 11) is 11.4. The minimum atomic E-state index is -2.76. The summed E-state index contributed by atoms with van der Waals surface area (Å²) >= 11 is 0. The lowest BCUT2D eigenvalue weighted by Crippen LogP contribution is -2.54. The summed E-state index contributed by atoms with van der Waals surface area (Å²) in [5, 5.41) is 10.7. The van der Waals surface area contributed by atoms with Crippen molar-refractivity contribution in [3.8, 4) is 45.6 Å². The SMILES string of the molecule is C[C@@H](C(=O)Nc1ccnc(-c2cnc(N3CC(C(C)(F)F)C3)nc2)n1)n1cnc2c1c(=O)n(C)c(=O)n2C.Cn1c(=O)c2c(ncn2CC(=O)Nc2ccnc(-c3cnc(N4CC(C(C)(F)F)C4)nc3)n2)n(C)c1=O.Cn1c(=O)c2c(ncn2CC(=O)Nc2ccnc(-c3cnc(N4CC5CC5C4)nc3)n2)n(C)c1=O.Cn1c(=O)c2c(ncn2CC(=O)Nc2ccnc(-c3cnc(N4CCC(C(C)(F)F)C4)nc3)n2)n(C)c1=O. The predicted molar refractivity (Wildman–Crippen MR) is 520 cm³/mol. The predicted octanol–water partition coefficient (Wildman–Crippen LogP) is 1.96. The Bertz CT molecular complexity index is 8430. The van der Waals surface area contributed by atoms with E-state index < -0.39 is 110 Å². The second-order valence-electron chi connectivity index (χ2n) is 36.4. The van der Waals surface area contributed by atoms with Crippen molar-refractivity contribution in [1.29, 1.82) is 0 Å². The molecule has 58 heteroatoms. The van der Waals surface area contributed by atoms with Gasteiger partial charge in [-0.15, -0.1) is 0 Å². The molecular formula is C90H92F6N40O12. The molecule has 0 radical (unpaired) electrons. The van der Waals surface area contributed by atoms with E-state index in [2.05, 4.69) is 126 Å². The van der Waals surface area contributed by atoms with Crippen molar-refractivity contribution in [1.82, 2.24) is 154 Å². The van der Waals surface area contributed by atoms with Crippen LogP contribution in [0.4, 0.5) is 73.4 Å². The Labute approximate surface area is 827 Å². The number of halogens is 6. The number of imidazole rings is 4. The lowest BCUT2D eigenvalue weighted by atomic mass is 9.94. The first-order valence-electron chi connectivity index (χ1n) is 45.8. The van der Waals surface area contributed by atoms with Crippen molar-refractivity contribution >= 4 is 115 Å². The number of alkyl halides is 6. The van der Waals surface area contributed by atoms with Gasteiger partial charge in [0.1, 0.15) is 48.9 Å². The zero-order chi connectivity index (χ0) is 105. The molecule has 21 rings (SSSR count). The van der Waals surface area contributed by atoms with Crippen LogP contribution in [0.2, 0.25) is 0 Å². The standard InChI is InChI=1S/2C23H24F2N10O3.C22H22F2N10O3.C22H22N10O3/c1-12(35-11-29-18-16(35)20(37)33(4)22(38)32(18)3)19(36)31-15-5-6-26-17(30-15)13-7-27-21(28-8-13)34-9-14(10-34)23(2,24)25;1-23(24,25)14-5-7-34(10-14)21-27-8-13(9-28-21)18-26-6-4-15(31-18)30-16(36)11-35-12-29-19-17(35)20(37)33(3)22(38)32(19)2;1-22(23,24)13-8-33(9-13)20-26-6-12(7-27-20)17-25-5-4-14(30-17)29-15(35)10-34-11-28-18-16(34)19(36)32(3)21(37)31(18)2;1-29-19-17(20(34)30(2)22(29)35)32(11-26-19)10-16(33)27-15-3-4-23-18(28-15)14-6-24-21(25-7-14)31-8-12-5-13(12)9-31/h5-8,11-12,14H,9-10H2,1-4H3,(H,26,30,31,36);4,6,8-9,12,14H,5,7,10-11H2,1-3H3,(H,26,30,31,36);4-7,11,13H,8-10H2,1-3H3,(H,25,29,30,35);3-4,6-7,11-13H,5,8-10H2,1-2H3,(H,23,27,28,33)/t12-;;;/m0.../s1. The highest BCUT2D eigenvalue weighted by Gasteiger charge is 2.48. The highest BCUT2D eigenvalue weighted by atomic mass is 19.3. The summed E-state index contributed by atoms with van der Waals surface area (Å²) in [6.45, 7) is 7.01. The Balaban J connectivity index is 0.000000129. The first kappa shape index (κ1) is 100. The number of aryl methyl sites for hydroxylation is 4. The number of nitrogens with zero attached hydrogens (tertiary/aromatic N) is 36. The summed E-state index contributed by atoms with van der Waals surface area (Å²) < 4.78 is 95.1. The molecule has 4 aliphatic heterocycles. The number of aromatic nitrogens is 32. The lowest BCUT2D eigenvalue weighted by molar-refractivity contribution is -0.119. The number of amides is 4. The van der Waals surface area contributed by atoms with E-state index in [0.717, 1.165) is 64.0 Å². The lowest BCUT2D eigenvalue weighted by Gasteiger charge is -2.41. The van der Waals surface area contributed by atoms with Gasteiger partial charge in [0.05, 0.1) is 59.4 Å². The van der Waals surface area contributed by atoms with Crippen LogP contribution in [0.5, 0.6) is 0 Å². The molecule has 5 aliphatic rings. The Kier molecular flexibility index (Phi) is 26.7. The summed E-state index contributed by atoms with van der Waals surface area (Å²) in [4.78, 5) is 242. The van der Waals surface area contributed by atoms with E-state index in [1.807, 2.05) is 0 Å². The first-order valence-corrected chi connectivity index (χ1v) is 45.8. The van der Waals surface area contributed by atoms with Gasteiger partial charge in [-0.1, -0.05) is 0 Å². The van der Waals surface area contributed by atoms with E-state index in [4.69, 9.17) is 0 Å². The van der Waals surface area contributed by atoms with Gasteiger partial charge in [-0.05, 0) is 76.6 Å². The molecule has 4 N–H and O–H groups in total. The smallest absolute Gasteiger partial charge is 0.332 e. The molecule has 1 saturated carbocycles. The van der Waals surface area contributed by atoms with Gasteiger partial charge in [0.25, 0.3) is 34.1 Å². The van der Waals surface area contributed by atoms with Crippen molar-refractivity contribution in [3.63, 3.8) is 0 Å². The molecule has 4 amide bonds. The van der Waals surface area contributed by atoms with E-state index in [-0.39, 0.29) is 132 Å². The van der Waals surface area contributed by atoms with Gasteiger partial charge in [0.15, 0.2) is 68.0 Å². The number of anilines is 8. The molecule has 16 aromatic rings. The normalized spacial score (nSPS) is 15.8. The highest BCUT2D eigenvalue weighted by molar-refractivity contribution is 5.95. The molecule has 4 atom stereocenters. The van der Waals surface area contributed by atoms with Gasteiger partial charge in [0, 0.05) is 189 Å². The van der Waals surface area contributed by atoms with Crippen molar-refractivity contribution in [2.75, 3.05) is 93.2 Å². The molecule has 16 aromatic heterocycles. The van der Waals surface area contributed by atoms with Crippen LogP contribution in [0.1, 0.15) is 46.6 Å². The molecule has 0 aromatic carbocycles. The number of piperidine rings is 1. The van der Waals surface area contributed by atoms with E-state index in [1.54, 1.807) is 40.1 Å². The van der Waals surface area contributed by atoms with Crippen LogP contribution in [0.25, 0.3) is 90.2 Å². The van der Waals surface area contributed by atoms with Crippen molar-refractivity contribution in [2.24, 2.45) is 86.0 Å². The zero-order valence-electron chi connectivity index (χ0n) is 81.0. The third kappa shape index (κ3) is 20.3. The number of fused-ring (bicyclic) bond motifs is 5. The van der Waals surface area contributed by atoms with Crippen LogP contribution in [-0.4, -0.2) is 248 Å². The Hall–Kier alpha value is -18.1. The molecular weight excluding hydrogens is 1950 g/mol. The summed E-state index contributed by atoms with van der Waals surface area (Å²) in [5.41, 5.74) is -0.932. The van der Waals surface area contributed by atoms with E-state index in [9.17, 15) is 83.9 Å². The fraction of sp³-hybridized carbons (Fsp3) is 0.378. The van der Waals surface area contributed by atoms with Crippen LogP contribution in [0, 0.1) is 29.6 Å². The minimum Gasteiger partial charge on any atom is -0.340 e. The molecule has 5 fully saturated rings. The number of rotatable bonds is 23. The van der Waals surface area contributed by atoms with Gasteiger partial charge in [-0.2, -0.15) is 0 Å². The Morgan fingerprint density at radius 1 is 0.338 bits per heavy atom. The molecule has 148 heavy (non-hydrogen) atoms. The van der Waals surface area contributed by atoms with Gasteiger partial charge >= 0.3 is 22.8 Å². The number of hydrogen-bond donors (Lipinski definition) is 4. The maximum absolute atomic E-state index is 13.6. The van der Waals surface area contributed by atoms with Gasteiger partial charge in [-0.25, -0.2) is 145 Å². The largest absolute Gasteiger partial charge is 0.340 e. The quantitative estimate of drug-likeness (QED) is 0.0665. The van der Waals surface area contributed by atoms with Crippen molar-refractivity contribution in [3.05, 3.63) is 207 Å². The third-order valence-electron chi connectivity index (χ3n) is 26.0. The van der Waals surface area contributed by atoms with Gasteiger partial charge in [0.2, 0.25) is 53.3 Å². The van der Waals surface area contributed by atoms with E-state index >= 15 is 0 Å². The third-order valence-corrected chi connectivity index (χ3v) is 26.0. The van der Waals surface area contributed by atoms with E-state index in [1.165, 1.54) is 205 Å². The van der Waals surface area contributed by atoms with Crippen LogP contribution in [0.15, 0.2) is 162 Å². The molecule has 20 heterocycles. The topological polar surface area (TPSA) is 583 Å². The van der Waals surface area contributed by atoms with Crippen molar-refractivity contribution < 1.29 is 45.5 Å². The number of nitrogens with one attached hydrogen (secondary N) is 4. The monoisotopic (exact) mass is 2040 g/mol. The Morgan fingerprint density at radius 3 is 0.899 bits per heavy atom. The summed E-state index contributed by atoms with van der Waals surface area (Å²) in [5.74, 6) is -6.92. The molecule has 1 aliphatic carbocycles.